The molecule has 0 spiro atoms. The zero-order chi connectivity index (χ0) is 17.3. The molecule has 0 saturated carbocycles. The Morgan fingerprint density at radius 2 is 1.79 bits per heavy atom. The average molecular weight is 318 g/mol. The third-order valence-electron chi connectivity index (χ3n) is 3.93. The Bertz CT molecular complexity index is 961. The Kier molecular flexibility index (Phi) is 4.13. The van der Waals surface area contributed by atoms with Crippen molar-refractivity contribution in [3.63, 3.8) is 0 Å². The second-order valence-corrected chi connectivity index (χ2v) is 5.91. The van der Waals surface area contributed by atoms with Crippen molar-refractivity contribution in [1.29, 1.82) is 0 Å². The number of carbonyl (C=O) groups is 2. The van der Waals surface area contributed by atoms with E-state index in [0.29, 0.717) is 22.5 Å². The number of pyridine rings is 1. The molecule has 3 aromatic rings. The molecule has 1 amide bonds. The summed E-state index contributed by atoms with van der Waals surface area (Å²) in [6, 6.07) is 14.7. The number of nitrogens with one attached hydrogen (secondary N) is 1. The molecule has 0 aliphatic rings. The molecule has 0 aliphatic heterocycles. The second kappa shape index (κ2) is 6.24. The molecule has 1 aromatic heterocycles. The summed E-state index contributed by atoms with van der Waals surface area (Å²) in [6.07, 6.45) is 0. The van der Waals surface area contributed by atoms with Gasteiger partial charge in [0.2, 0.25) is 0 Å². The van der Waals surface area contributed by atoms with Gasteiger partial charge in [-0.3, -0.25) is 14.6 Å². The van der Waals surface area contributed by atoms with E-state index >= 15 is 0 Å². The molecular weight excluding hydrogens is 300 g/mol. The van der Waals surface area contributed by atoms with Crippen LogP contribution in [0.2, 0.25) is 0 Å². The number of aryl methyl sites for hydroxylation is 2. The molecule has 0 aliphatic carbocycles. The minimum Gasteiger partial charge on any atom is -0.322 e. The normalized spacial score (nSPS) is 10.6. The van der Waals surface area contributed by atoms with Gasteiger partial charge >= 0.3 is 0 Å². The van der Waals surface area contributed by atoms with Crippen LogP contribution in [0.3, 0.4) is 0 Å². The van der Waals surface area contributed by atoms with E-state index in [1.54, 1.807) is 24.3 Å². The van der Waals surface area contributed by atoms with Crippen LogP contribution in [0, 0.1) is 13.8 Å². The molecule has 1 N–H and O–H groups in total. The molecule has 120 valence electrons. The molecule has 2 aromatic carbocycles. The molecule has 24 heavy (non-hydrogen) atoms. The van der Waals surface area contributed by atoms with Crippen LogP contribution in [0.1, 0.15) is 38.9 Å². The van der Waals surface area contributed by atoms with Gasteiger partial charge in [0.25, 0.3) is 5.91 Å². The van der Waals surface area contributed by atoms with Gasteiger partial charge in [-0.05, 0) is 51.1 Å². The zero-order valence-electron chi connectivity index (χ0n) is 13.9. The molecular formula is C20H18N2O2. The molecule has 4 nitrogen and oxygen atoms in total. The summed E-state index contributed by atoms with van der Waals surface area (Å²) < 4.78 is 0. The Labute approximate surface area is 140 Å². The molecule has 0 atom stereocenters. The third-order valence-corrected chi connectivity index (χ3v) is 3.93. The quantitative estimate of drug-likeness (QED) is 0.732. The predicted molar refractivity (Wildman–Crippen MR) is 95.6 cm³/mol. The third kappa shape index (κ3) is 3.18. The van der Waals surface area contributed by atoms with E-state index in [-0.39, 0.29) is 11.7 Å². The number of carbonyl (C=O) groups excluding carboxylic acids is 2. The smallest absolute Gasteiger partial charge is 0.257 e. The summed E-state index contributed by atoms with van der Waals surface area (Å²) in [5.41, 5.74) is 4.35. The van der Waals surface area contributed by atoms with E-state index in [1.165, 1.54) is 6.92 Å². The average Bonchev–Trinajstić information content (AvgIpc) is 2.54. The fraction of sp³-hybridized carbons (Fsp3) is 0.150. The Morgan fingerprint density at radius 1 is 1.00 bits per heavy atom. The maximum absolute atomic E-state index is 12.6. The van der Waals surface area contributed by atoms with Crippen LogP contribution in [-0.2, 0) is 0 Å². The summed E-state index contributed by atoms with van der Waals surface area (Å²) >= 11 is 0. The number of anilines is 1. The van der Waals surface area contributed by atoms with Crippen LogP contribution < -0.4 is 5.32 Å². The van der Waals surface area contributed by atoms with E-state index in [2.05, 4.69) is 10.3 Å². The molecule has 0 saturated heterocycles. The first-order valence-electron chi connectivity index (χ1n) is 7.74. The Morgan fingerprint density at radius 3 is 2.54 bits per heavy atom. The van der Waals surface area contributed by atoms with Crippen molar-refractivity contribution in [2.75, 3.05) is 5.32 Å². The monoisotopic (exact) mass is 318 g/mol. The van der Waals surface area contributed by atoms with Gasteiger partial charge in [-0.25, -0.2) is 0 Å². The number of hydrogen-bond donors (Lipinski definition) is 1. The predicted octanol–water partition coefficient (Wildman–Crippen LogP) is 4.31. The first-order chi connectivity index (χ1) is 11.4. The summed E-state index contributed by atoms with van der Waals surface area (Å²) in [6.45, 7) is 5.33. The van der Waals surface area contributed by atoms with E-state index in [0.717, 1.165) is 16.5 Å². The number of ketones is 1. The van der Waals surface area contributed by atoms with Gasteiger partial charge in [-0.15, -0.1) is 0 Å². The highest BCUT2D eigenvalue weighted by Crippen LogP contribution is 2.20. The number of rotatable bonds is 3. The minimum absolute atomic E-state index is 0.0369. The molecule has 1 heterocycles. The van der Waals surface area contributed by atoms with E-state index in [1.807, 2.05) is 38.1 Å². The van der Waals surface area contributed by atoms with E-state index in [9.17, 15) is 9.59 Å². The van der Waals surface area contributed by atoms with E-state index < -0.39 is 0 Å². The SMILES string of the molecule is CC(=O)c1cccc(NC(=O)c2cc3cc(C)ccc3nc2C)c1. The van der Waals surface area contributed by atoms with Gasteiger partial charge in [-0.1, -0.05) is 23.8 Å². The number of aromatic nitrogens is 1. The molecule has 0 radical (unpaired) electrons. The van der Waals surface area contributed by atoms with Gasteiger partial charge in [0.1, 0.15) is 0 Å². The molecule has 4 heteroatoms. The van der Waals surface area contributed by atoms with Crippen LogP contribution in [0.5, 0.6) is 0 Å². The molecule has 0 bridgehead atoms. The number of nitrogens with zero attached hydrogens (tertiary/aromatic N) is 1. The van der Waals surface area contributed by atoms with Crippen LogP contribution in [0.15, 0.2) is 48.5 Å². The number of benzene rings is 2. The standard InChI is InChI=1S/C20H18N2O2/c1-12-7-8-19-16(9-12)11-18(13(2)21-19)20(24)22-17-6-4-5-15(10-17)14(3)23/h4-11H,1-3H3,(H,22,24). The summed E-state index contributed by atoms with van der Waals surface area (Å²) in [5, 5.41) is 3.78. The van der Waals surface area contributed by atoms with Gasteiger partial charge in [0.05, 0.1) is 16.8 Å². The highest BCUT2D eigenvalue weighted by Gasteiger charge is 2.12. The van der Waals surface area contributed by atoms with Crippen LogP contribution in [0.4, 0.5) is 5.69 Å². The van der Waals surface area contributed by atoms with Crippen molar-refractivity contribution >= 4 is 28.3 Å². The Balaban J connectivity index is 1.95. The van der Waals surface area contributed by atoms with Crippen molar-refractivity contribution in [2.24, 2.45) is 0 Å². The first kappa shape index (κ1) is 15.9. The van der Waals surface area contributed by atoms with Crippen LogP contribution >= 0.6 is 0 Å². The maximum Gasteiger partial charge on any atom is 0.257 e. The van der Waals surface area contributed by atoms with Crippen molar-refractivity contribution in [2.45, 2.75) is 20.8 Å². The van der Waals surface area contributed by atoms with Crippen LogP contribution in [0.25, 0.3) is 10.9 Å². The first-order valence-corrected chi connectivity index (χ1v) is 7.74. The van der Waals surface area contributed by atoms with Gasteiger partial charge in [0, 0.05) is 16.6 Å². The highest BCUT2D eigenvalue weighted by atomic mass is 16.1. The number of amides is 1. The molecule has 3 rings (SSSR count). The van der Waals surface area contributed by atoms with Gasteiger partial charge < -0.3 is 5.32 Å². The minimum atomic E-state index is -0.232. The fourth-order valence-electron chi connectivity index (χ4n) is 2.64. The largest absolute Gasteiger partial charge is 0.322 e. The second-order valence-electron chi connectivity index (χ2n) is 5.91. The van der Waals surface area contributed by atoms with Crippen LogP contribution in [-0.4, -0.2) is 16.7 Å². The van der Waals surface area contributed by atoms with Crippen molar-refractivity contribution in [1.82, 2.24) is 4.98 Å². The topological polar surface area (TPSA) is 59.1 Å². The lowest BCUT2D eigenvalue weighted by Gasteiger charge is -2.10. The molecule has 0 fully saturated rings. The van der Waals surface area contributed by atoms with Crippen molar-refractivity contribution in [3.05, 3.63) is 70.9 Å². The summed E-state index contributed by atoms with van der Waals surface area (Å²) in [7, 11) is 0. The number of hydrogen-bond acceptors (Lipinski definition) is 3. The Hall–Kier alpha value is -3.01. The van der Waals surface area contributed by atoms with E-state index in [4.69, 9.17) is 0 Å². The van der Waals surface area contributed by atoms with Crippen molar-refractivity contribution in [3.8, 4) is 0 Å². The lowest BCUT2D eigenvalue weighted by Crippen LogP contribution is -2.14. The van der Waals surface area contributed by atoms with Crippen molar-refractivity contribution < 1.29 is 9.59 Å². The number of fused-ring (bicyclic) bond motifs is 1. The number of Topliss-reactive ketones (excluding diaryl/α,β-unsaturated/α-hetero) is 1. The van der Waals surface area contributed by atoms with Gasteiger partial charge in [0.15, 0.2) is 5.78 Å². The lowest BCUT2D eigenvalue weighted by molar-refractivity contribution is 0.101. The summed E-state index contributed by atoms with van der Waals surface area (Å²) in [5.74, 6) is -0.269. The van der Waals surface area contributed by atoms with Gasteiger partial charge in [-0.2, -0.15) is 0 Å². The molecule has 0 unspecified atom stereocenters. The fourth-order valence-corrected chi connectivity index (χ4v) is 2.64. The summed E-state index contributed by atoms with van der Waals surface area (Å²) in [4.78, 5) is 28.6. The highest BCUT2D eigenvalue weighted by molar-refractivity contribution is 6.07. The lowest BCUT2D eigenvalue weighted by atomic mass is 10.1. The maximum atomic E-state index is 12.6. The zero-order valence-corrected chi connectivity index (χ0v) is 13.9.